The zero-order valence-corrected chi connectivity index (χ0v) is 10.7. The molecule has 1 aliphatic rings. The Morgan fingerprint density at radius 3 is 2.63 bits per heavy atom. The van der Waals surface area contributed by atoms with Gasteiger partial charge in [0, 0.05) is 17.8 Å². The molecule has 98 valence electrons. The maximum absolute atomic E-state index is 12.0. The number of ketones is 1. The van der Waals surface area contributed by atoms with E-state index in [4.69, 9.17) is 5.26 Å². The lowest BCUT2D eigenvalue weighted by Crippen LogP contribution is -2.37. The van der Waals surface area contributed by atoms with Crippen molar-refractivity contribution < 1.29 is 9.59 Å². The molecule has 1 atom stereocenters. The van der Waals surface area contributed by atoms with E-state index in [1.165, 1.54) is 6.92 Å². The van der Waals surface area contributed by atoms with Gasteiger partial charge in [0.05, 0.1) is 6.07 Å². The van der Waals surface area contributed by atoms with Crippen molar-refractivity contribution >= 4 is 17.5 Å². The van der Waals surface area contributed by atoms with E-state index in [1.807, 2.05) is 0 Å². The molecule has 1 aliphatic heterocycles. The van der Waals surface area contributed by atoms with Gasteiger partial charge in [-0.2, -0.15) is 5.26 Å². The second-order valence-corrected chi connectivity index (χ2v) is 4.54. The van der Waals surface area contributed by atoms with Crippen LogP contribution in [0.15, 0.2) is 24.3 Å². The predicted molar refractivity (Wildman–Crippen MR) is 70.8 cm³/mol. The third-order valence-corrected chi connectivity index (χ3v) is 3.21. The van der Waals surface area contributed by atoms with Crippen LogP contribution in [0.25, 0.3) is 0 Å². The highest BCUT2D eigenvalue weighted by Gasteiger charge is 2.28. The summed E-state index contributed by atoms with van der Waals surface area (Å²) in [4.78, 5) is 24.7. The molecule has 1 heterocycles. The van der Waals surface area contributed by atoms with Crippen LogP contribution in [0.5, 0.6) is 0 Å². The van der Waals surface area contributed by atoms with Crippen LogP contribution in [0.3, 0.4) is 0 Å². The molecular weight excluding hydrogens is 242 g/mol. The molecule has 2 rings (SSSR count). The molecule has 2 amide bonds. The number of nitrogens with one attached hydrogen (secondary N) is 1. The van der Waals surface area contributed by atoms with Crippen LogP contribution < -0.4 is 5.32 Å². The van der Waals surface area contributed by atoms with Crippen molar-refractivity contribution in [3.05, 3.63) is 29.8 Å². The van der Waals surface area contributed by atoms with Gasteiger partial charge in [-0.15, -0.1) is 0 Å². The van der Waals surface area contributed by atoms with E-state index in [0.29, 0.717) is 17.8 Å². The second-order valence-electron chi connectivity index (χ2n) is 4.54. The number of amides is 2. The normalized spacial score (nSPS) is 17.9. The van der Waals surface area contributed by atoms with Gasteiger partial charge >= 0.3 is 6.03 Å². The molecule has 0 radical (unpaired) electrons. The Morgan fingerprint density at radius 2 is 2.05 bits per heavy atom. The Hall–Kier alpha value is -2.35. The van der Waals surface area contributed by atoms with E-state index in [2.05, 4.69) is 11.4 Å². The van der Waals surface area contributed by atoms with Gasteiger partial charge in [0.25, 0.3) is 0 Å². The molecule has 1 fully saturated rings. The van der Waals surface area contributed by atoms with Crippen molar-refractivity contribution in [3.8, 4) is 6.07 Å². The Labute approximate surface area is 111 Å². The smallest absolute Gasteiger partial charge is 0.308 e. The van der Waals surface area contributed by atoms with Crippen LogP contribution in [-0.2, 0) is 0 Å². The number of hydrogen-bond donors (Lipinski definition) is 1. The predicted octanol–water partition coefficient (Wildman–Crippen LogP) is 2.41. The van der Waals surface area contributed by atoms with E-state index < -0.39 is 0 Å². The summed E-state index contributed by atoms with van der Waals surface area (Å²) in [7, 11) is 0. The minimum atomic E-state index is -0.337. The van der Waals surface area contributed by atoms with E-state index >= 15 is 0 Å². The third kappa shape index (κ3) is 2.91. The lowest BCUT2D eigenvalue weighted by atomic mass is 10.1. The monoisotopic (exact) mass is 257 g/mol. The fourth-order valence-electron chi connectivity index (χ4n) is 2.13. The summed E-state index contributed by atoms with van der Waals surface area (Å²) >= 11 is 0. The Bertz CT molecular complexity index is 531. The minimum absolute atomic E-state index is 0.0121. The molecule has 1 aromatic carbocycles. The number of likely N-dealkylation sites (tertiary alicyclic amines) is 1. The Morgan fingerprint density at radius 1 is 1.37 bits per heavy atom. The fourth-order valence-corrected chi connectivity index (χ4v) is 2.13. The van der Waals surface area contributed by atoms with Gasteiger partial charge in [0.15, 0.2) is 5.78 Å². The molecule has 19 heavy (non-hydrogen) atoms. The number of carbonyl (C=O) groups excluding carboxylic acids is 2. The van der Waals surface area contributed by atoms with Crippen LogP contribution >= 0.6 is 0 Å². The summed E-state index contributed by atoms with van der Waals surface area (Å²) in [6, 6.07) is 8.24. The number of nitrogens with zero attached hydrogens (tertiary/aromatic N) is 2. The van der Waals surface area contributed by atoms with Crippen molar-refractivity contribution in [3.63, 3.8) is 0 Å². The molecule has 1 unspecified atom stereocenters. The fraction of sp³-hybridized carbons (Fsp3) is 0.357. The highest BCUT2D eigenvalue weighted by atomic mass is 16.2. The molecule has 0 aromatic heterocycles. The molecule has 0 spiro atoms. The molecule has 0 saturated carbocycles. The van der Waals surface area contributed by atoms with Gasteiger partial charge in [0.1, 0.15) is 6.04 Å². The van der Waals surface area contributed by atoms with E-state index in [-0.39, 0.29) is 17.9 Å². The number of urea groups is 1. The largest absolute Gasteiger partial charge is 0.322 e. The van der Waals surface area contributed by atoms with Crippen LogP contribution in [0, 0.1) is 11.3 Å². The summed E-state index contributed by atoms with van der Waals surface area (Å²) in [5.74, 6) is -0.0121. The first kappa shape index (κ1) is 13.1. The number of Topliss-reactive ketones (excluding diaryl/α,β-unsaturated/α-hetero) is 1. The van der Waals surface area contributed by atoms with Gasteiger partial charge in [-0.25, -0.2) is 4.79 Å². The Balaban J connectivity index is 2.03. The maximum Gasteiger partial charge on any atom is 0.322 e. The van der Waals surface area contributed by atoms with Crippen LogP contribution in [0.2, 0.25) is 0 Å². The number of benzene rings is 1. The highest BCUT2D eigenvalue weighted by molar-refractivity contribution is 5.95. The topological polar surface area (TPSA) is 73.2 Å². The zero-order chi connectivity index (χ0) is 13.8. The number of carbonyl (C=O) groups is 2. The standard InChI is InChI=1S/C14H15N3O2/c1-10(18)11-4-6-12(7-5-11)16-14(19)17-8-2-3-13(17)9-15/h4-7,13H,2-3,8H2,1H3,(H,16,19). The SMILES string of the molecule is CC(=O)c1ccc(NC(=O)N2CCCC2C#N)cc1. The average molecular weight is 257 g/mol. The lowest BCUT2D eigenvalue weighted by Gasteiger charge is -2.20. The quantitative estimate of drug-likeness (QED) is 0.827. The molecular formula is C14H15N3O2. The Kier molecular flexibility index (Phi) is 3.81. The van der Waals surface area contributed by atoms with Crippen molar-refractivity contribution in [2.45, 2.75) is 25.8 Å². The van der Waals surface area contributed by atoms with Crippen molar-refractivity contribution in [1.29, 1.82) is 5.26 Å². The number of nitriles is 1. The van der Waals surface area contributed by atoms with Crippen LogP contribution in [0.4, 0.5) is 10.5 Å². The first-order chi connectivity index (χ1) is 9.11. The van der Waals surface area contributed by atoms with Crippen molar-refractivity contribution in [2.75, 3.05) is 11.9 Å². The van der Waals surface area contributed by atoms with E-state index in [0.717, 1.165) is 12.8 Å². The van der Waals surface area contributed by atoms with Crippen LogP contribution in [-0.4, -0.2) is 29.3 Å². The average Bonchev–Trinajstić information content (AvgIpc) is 2.87. The summed E-state index contributed by atoms with van der Waals surface area (Å²) < 4.78 is 0. The van der Waals surface area contributed by atoms with Gasteiger partial charge < -0.3 is 10.2 Å². The van der Waals surface area contributed by atoms with Gasteiger partial charge in [-0.3, -0.25) is 4.79 Å². The maximum atomic E-state index is 12.0. The molecule has 1 saturated heterocycles. The second kappa shape index (κ2) is 5.53. The third-order valence-electron chi connectivity index (χ3n) is 3.21. The van der Waals surface area contributed by atoms with Crippen molar-refractivity contribution in [2.24, 2.45) is 0 Å². The number of anilines is 1. The molecule has 0 bridgehead atoms. The molecule has 1 aromatic rings. The summed E-state index contributed by atoms with van der Waals surface area (Å²) in [5, 5.41) is 11.7. The number of hydrogen-bond acceptors (Lipinski definition) is 3. The highest BCUT2D eigenvalue weighted by Crippen LogP contribution is 2.18. The molecule has 5 nitrogen and oxygen atoms in total. The molecule has 1 N–H and O–H groups in total. The lowest BCUT2D eigenvalue weighted by molar-refractivity contribution is 0.101. The molecule has 5 heteroatoms. The van der Waals surface area contributed by atoms with E-state index in [1.54, 1.807) is 29.2 Å². The first-order valence-corrected chi connectivity index (χ1v) is 6.20. The summed E-state index contributed by atoms with van der Waals surface area (Å²) in [6.07, 6.45) is 1.59. The van der Waals surface area contributed by atoms with Gasteiger partial charge in [-0.05, 0) is 44.0 Å². The van der Waals surface area contributed by atoms with Crippen molar-refractivity contribution in [1.82, 2.24) is 4.90 Å². The van der Waals surface area contributed by atoms with Gasteiger partial charge in [-0.1, -0.05) is 0 Å². The first-order valence-electron chi connectivity index (χ1n) is 6.20. The van der Waals surface area contributed by atoms with E-state index in [9.17, 15) is 9.59 Å². The van der Waals surface area contributed by atoms with Gasteiger partial charge in [0.2, 0.25) is 0 Å². The number of rotatable bonds is 2. The van der Waals surface area contributed by atoms with Crippen LogP contribution in [0.1, 0.15) is 30.1 Å². The molecule has 0 aliphatic carbocycles. The summed E-state index contributed by atoms with van der Waals surface area (Å²) in [5.41, 5.74) is 1.23. The zero-order valence-electron chi connectivity index (χ0n) is 10.7. The minimum Gasteiger partial charge on any atom is -0.308 e. The summed E-state index contributed by atoms with van der Waals surface area (Å²) in [6.45, 7) is 2.10.